The van der Waals surface area contributed by atoms with Gasteiger partial charge in [0.15, 0.2) is 0 Å². The van der Waals surface area contributed by atoms with Gasteiger partial charge in [-0.05, 0) is 49.2 Å². The van der Waals surface area contributed by atoms with E-state index in [1.54, 1.807) is 0 Å². The first-order valence-corrected chi connectivity index (χ1v) is 6.08. The highest BCUT2D eigenvalue weighted by Crippen LogP contribution is 2.24. The zero-order valence-corrected chi connectivity index (χ0v) is 11.1. The van der Waals surface area contributed by atoms with Crippen molar-refractivity contribution in [3.8, 4) is 0 Å². The van der Waals surface area contributed by atoms with Crippen molar-refractivity contribution in [2.75, 3.05) is 11.9 Å². The Hall–Kier alpha value is -1.87. The van der Waals surface area contributed by atoms with Crippen LogP contribution in [0.25, 0.3) is 0 Å². The number of anilines is 2. The topological polar surface area (TPSA) is 42.1 Å². The van der Waals surface area contributed by atoms with Crippen LogP contribution in [0.15, 0.2) is 36.4 Å². The molecule has 3 nitrogen and oxygen atoms in total. The summed E-state index contributed by atoms with van der Waals surface area (Å²) < 4.78 is 0. The van der Waals surface area contributed by atoms with Crippen LogP contribution in [0.5, 0.6) is 0 Å². The molecule has 0 fully saturated rings. The number of hydrogen-bond acceptors (Lipinski definition) is 3. The average Bonchev–Trinajstić information content (AvgIpc) is 2.37. The summed E-state index contributed by atoms with van der Waals surface area (Å²) in [5, 5.41) is 0. The second kappa shape index (κ2) is 5.19. The Morgan fingerprint density at radius 1 is 1.11 bits per heavy atom. The second-order valence-electron chi connectivity index (χ2n) is 4.60. The highest BCUT2D eigenvalue weighted by Gasteiger charge is 2.06. The number of nitrogens with two attached hydrogens (primary N) is 1. The van der Waals surface area contributed by atoms with Gasteiger partial charge in [-0.1, -0.05) is 12.1 Å². The molecule has 1 aromatic heterocycles. The fourth-order valence-corrected chi connectivity index (χ4v) is 2.04. The van der Waals surface area contributed by atoms with Gasteiger partial charge in [0.25, 0.3) is 0 Å². The van der Waals surface area contributed by atoms with E-state index >= 15 is 0 Å². The summed E-state index contributed by atoms with van der Waals surface area (Å²) in [6, 6.07) is 12.4. The van der Waals surface area contributed by atoms with Gasteiger partial charge < -0.3 is 10.6 Å². The Morgan fingerprint density at radius 2 is 1.78 bits per heavy atom. The molecular formula is C15H19N3. The molecule has 0 unspecified atom stereocenters. The fourth-order valence-electron chi connectivity index (χ4n) is 2.04. The van der Waals surface area contributed by atoms with E-state index in [9.17, 15) is 0 Å². The lowest BCUT2D eigenvalue weighted by Crippen LogP contribution is -2.13. The zero-order valence-electron chi connectivity index (χ0n) is 11.1. The second-order valence-corrected chi connectivity index (χ2v) is 4.60. The summed E-state index contributed by atoms with van der Waals surface area (Å²) in [4.78, 5) is 6.61. The van der Waals surface area contributed by atoms with E-state index in [0.717, 1.165) is 17.2 Å². The Morgan fingerprint density at radius 3 is 2.39 bits per heavy atom. The number of benzene rings is 1. The number of aromatic nitrogens is 1. The molecule has 0 spiro atoms. The molecule has 0 aliphatic rings. The molecule has 0 atom stereocenters. The molecule has 1 aromatic carbocycles. The Balaban J connectivity index is 2.37. The molecule has 3 heteroatoms. The van der Waals surface area contributed by atoms with Crippen LogP contribution in [0, 0.1) is 13.8 Å². The van der Waals surface area contributed by atoms with E-state index in [-0.39, 0.29) is 0 Å². The van der Waals surface area contributed by atoms with Gasteiger partial charge in [0.1, 0.15) is 5.82 Å². The van der Waals surface area contributed by atoms with Gasteiger partial charge >= 0.3 is 0 Å². The summed E-state index contributed by atoms with van der Waals surface area (Å²) in [6.45, 7) is 4.68. The van der Waals surface area contributed by atoms with Crippen LogP contribution < -0.4 is 10.6 Å². The van der Waals surface area contributed by atoms with Gasteiger partial charge in [-0.15, -0.1) is 0 Å². The fraction of sp³-hybridized carbons (Fsp3) is 0.267. The molecule has 1 heterocycles. The van der Waals surface area contributed by atoms with E-state index in [1.165, 1.54) is 11.1 Å². The molecule has 2 aromatic rings. The van der Waals surface area contributed by atoms with Crippen LogP contribution in [-0.4, -0.2) is 12.0 Å². The highest BCUT2D eigenvalue weighted by atomic mass is 15.2. The lowest BCUT2D eigenvalue weighted by molar-refractivity contribution is 0.973. The minimum Gasteiger partial charge on any atom is -0.329 e. The first-order valence-electron chi connectivity index (χ1n) is 6.08. The first kappa shape index (κ1) is 12.6. The van der Waals surface area contributed by atoms with E-state index in [2.05, 4.69) is 41.9 Å². The van der Waals surface area contributed by atoms with Gasteiger partial charge in [0, 0.05) is 19.3 Å². The molecule has 0 radical (unpaired) electrons. The predicted molar refractivity (Wildman–Crippen MR) is 76.1 cm³/mol. The Bertz CT molecular complexity index is 529. The van der Waals surface area contributed by atoms with Crippen molar-refractivity contribution in [2.45, 2.75) is 20.4 Å². The van der Waals surface area contributed by atoms with Gasteiger partial charge in [0.05, 0.1) is 5.69 Å². The van der Waals surface area contributed by atoms with Gasteiger partial charge in [-0.2, -0.15) is 0 Å². The average molecular weight is 241 g/mol. The van der Waals surface area contributed by atoms with E-state index in [0.29, 0.717) is 6.54 Å². The van der Waals surface area contributed by atoms with E-state index < -0.39 is 0 Å². The minimum absolute atomic E-state index is 0.467. The molecule has 0 amide bonds. The molecule has 0 aliphatic carbocycles. The Labute approximate surface area is 108 Å². The zero-order chi connectivity index (χ0) is 13.1. The number of nitrogens with zero attached hydrogens (tertiary/aromatic N) is 2. The predicted octanol–water partition coefficient (Wildman–Crippen LogP) is 2.93. The summed E-state index contributed by atoms with van der Waals surface area (Å²) in [5.74, 6) is 0.919. The molecule has 18 heavy (non-hydrogen) atoms. The van der Waals surface area contributed by atoms with Crippen LogP contribution >= 0.6 is 0 Å². The van der Waals surface area contributed by atoms with Crippen molar-refractivity contribution in [3.63, 3.8) is 0 Å². The first-order chi connectivity index (χ1) is 8.60. The van der Waals surface area contributed by atoms with E-state index in [1.807, 2.05) is 25.2 Å². The third-order valence-corrected chi connectivity index (χ3v) is 2.94. The van der Waals surface area contributed by atoms with Crippen LogP contribution in [-0.2, 0) is 6.54 Å². The lowest BCUT2D eigenvalue weighted by Gasteiger charge is -2.20. The number of pyridine rings is 1. The smallest absolute Gasteiger partial charge is 0.133 e. The minimum atomic E-state index is 0.467. The van der Waals surface area contributed by atoms with Crippen molar-refractivity contribution >= 4 is 11.5 Å². The van der Waals surface area contributed by atoms with Gasteiger partial charge in [-0.3, -0.25) is 0 Å². The van der Waals surface area contributed by atoms with Crippen LogP contribution in [0.3, 0.4) is 0 Å². The lowest BCUT2D eigenvalue weighted by atomic mass is 10.1. The van der Waals surface area contributed by atoms with Crippen molar-refractivity contribution in [1.82, 2.24) is 4.98 Å². The largest absolute Gasteiger partial charge is 0.329 e. The molecule has 2 rings (SSSR count). The summed E-state index contributed by atoms with van der Waals surface area (Å²) in [6.07, 6.45) is 0. The normalized spacial score (nSPS) is 10.4. The monoisotopic (exact) mass is 241 g/mol. The number of hydrogen-bond donors (Lipinski definition) is 1. The molecule has 0 aliphatic heterocycles. The number of aryl methyl sites for hydroxylation is 2. The molecule has 0 saturated carbocycles. The maximum absolute atomic E-state index is 5.62. The Kier molecular flexibility index (Phi) is 3.63. The van der Waals surface area contributed by atoms with Crippen molar-refractivity contribution in [1.29, 1.82) is 0 Å². The van der Waals surface area contributed by atoms with Gasteiger partial charge in [0.2, 0.25) is 0 Å². The summed E-state index contributed by atoms with van der Waals surface area (Å²) in [7, 11) is 2.02. The highest BCUT2D eigenvalue weighted by molar-refractivity contribution is 5.61. The quantitative estimate of drug-likeness (QED) is 0.898. The molecule has 2 N–H and O–H groups in total. The van der Waals surface area contributed by atoms with Crippen molar-refractivity contribution < 1.29 is 0 Å². The van der Waals surface area contributed by atoms with Crippen LogP contribution in [0.2, 0.25) is 0 Å². The molecule has 94 valence electrons. The van der Waals surface area contributed by atoms with Crippen molar-refractivity contribution in [2.24, 2.45) is 5.73 Å². The maximum atomic E-state index is 5.62. The molecular weight excluding hydrogens is 222 g/mol. The van der Waals surface area contributed by atoms with E-state index in [4.69, 9.17) is 5.73 Å². The van der Waals surface area contributed by atoms with Crippen LogP contribution in [0.1, 0.15) is 16.8 Å². The number of rotatable bonds is 3. The van der Waals surface area contributed by atoms with Gasteiger partial charge in [-0.25, -0.2) is 4.98 Å². The van der Waals surface area contributed by atoms with Crippen molar-refractivity contribution in [3.05, 3.63) is 53.2 Å². The third-order valence-electron chi connectivity index (χ3n) is 2.94. The molecule has 0 saturated heterocycles. The standard InChI is InChI=1S/C15H19N3/c1-11-7-12(2)9-14(8-11)18(3)15-6-4-5-13(10-16)17-15/h4-9H,10,16H2,1-3H3. The SMILES string of the molecule is Cc1cc(C)cc(N(C)c2cccc(CN)n2)c1. The molecule has 0 bridgehead atoms. The summed E-state index contributed by atoms with van der Waals surface area (Å²) >= 11 is 0. The maximum Gasteiger partial charge on any atom is 0.133 e. The van der Waals surface area contributed by atoms with Crippen LogP contribution in [0.4, 0.5) is 11.5 Å². The third kappa shape index (κ3) is 2.68. The summed E-state index contributed by atoms with van der Waals surface area (Å²) in [5.41, 5.74) is 10.2.